The third-order valence-electron chi connectivity index (χ3n) is 1.28. The Kier molecular flexibility index (Phi) is 5.44. The first-order valence-corrected chi connectivity index (χ1v) is 4.64. The van der Waals surface area contributed by atoms with E-state index in [-0.39, 0.29) is 18.0 Å². The van der Waals surface area contributed by atoms with Crippen LogP contribution in [0.3, 0.4) is 0 Å². The van der Waals surface area contributed by atoms with Crippen molar-refractivity contribution in [3.8, 4) is 0 Å². The lowest BCUT2D eigenvalue weighted by atomic mass is 10.2. The number of hydrogen-bond acceptors (Lipinski definition) is 3. The van der Waals surface area contributed by atoms with Gasteiger partial charge in [-0.05, 0) is 18.4 Å². The Bertz CT molecular complexity index is 167. The van der Waals surface area contributed by atoms with Crippen molar-refractivity contribution in [2.45, 2.75) is 12.5 Å². The Hall–Kier alpha value is -0.780. The molecule has 0 spiro atoms. The topological polar surface area (TPSA) is 57.6 Å². The second-order valence-corrected chi connectivity index (χ2v) is 3.07. The molecule has 0 saturated heterocycles. The second kappa shape index (κ2) is 5.82. The summed E-state index contributed by atoms with van der Waals surface area (Å²) in [6.07, 6.45) is 1.77. The third kappa shape index (κ3) is 3.56. The predicted molar refractivity (Wildman–Crippen MR) is 43.4 cm³/mol. The largest absolute Gasteiger partial charge is 0.480 e. The zero-order chi connectivity index (χ0) is 9.56. The van der Waals surface area contributed by atoms with E-state index in [1.807, 2.05) is 0 Å². The molecule has 0 aliphatic carbocycles. The van der Waals surface area contributed by atoms with Gasteiger partial charge in [-0.1, -0.05) is 4.48 Å². The maximum absolute atomic E-state index is 12.4. The highest BCUT2D eigenvalue weighted by molar-refractivity contribution is 7.98. The molecule has 0 radical (unpaired) electrons. The number of carbonyl (C=O) groups excluding carboxylic acids is 1. The maximum atomic E-state index is 12.4. The Morgan fingerprint density at radius 1 is 1.83 bits per heavy atom. The van der Waals surface area contributed by atoms with Gasteiger partial charge in [-0.25, -0.2) is 4.79 Å². The summed E-state index contributed by atoms with van der Waals surface area (Å²) in [6.45, 7) is 0. The first-order chi connectivity index (χ1) is 5.63. The summed E-state index contributed by atoms with van der Waals surface area (Å²) >= 11 is 1.40. The standard InChI is InChI=1S/C6H10FNO3S/c1-12-3-2-5(6(10)11)8(7)4-9/h4-5H,2-3H2,1H3,(H,10,11). The molecule has 0 aliphatic heterocycles. The van der Waals surface area contributed by atoms with E-state index < -0.39 is 12.0 Å². The number of carboxylic acid groups (broad SMARTS) is 1. The number of hydrogen-bond donors (Lipinski definition) is 1. The maximum Gasteiger partial charge on any atom is 0.329 e. The number of rotatable bonds is 6. The fourth-order valence-electron chi connectivity index (χ4n) is 0.655. The monoisotopic (exact) mass is 195 g/mol. The molecule has 0 rings (SSSR count). The normalized spacial score (nSPS) is 12.2. The Labute approximate surface area is 73.7 Å². The van der Waals surface area contributed by atoms with Gasteiger partial charge in [-0.3, -0.25) is 4.79 Å². The van der Waals surface area contributed by atoms with E-state index in [2.05, 4.69) is 0 Å². The molecule has 0 aromatic rings. The summed E-state index contributed by atoms with van der Waals surface area (Å²) in [6, 6.07) is -1.35. The van der Waals surface area contributed by atoms with Gasteiger partial charge in [0, 0.05) is 0 Å². The molecule has 0 bridgehead atoms. The van der Waals surface area contributed by atoms with Crippen LogP contribution in [0, 0.1) is 0 Å². The van der Waals surface area contributed by atoms with Gasteiger partial charge >= 0.3 is 5.97 Å². The lowest BCUT2D eigenvalue weighted by molar-refractivity contribution is -0.158. The van der Waals surface area contributed by atoms with E-state index in [9.17, 15) is 14.1 Å². The van der Waals surface area contributed by atoms with Crippen LogP contribution in [0.15, 0.2) is 0 Å². The van der Waals surface area contributed by atoms with Gasteiger partial charge in [0.05, 0.1) is 0 Å². The highest BCUT2D eigenvalue weighted by atomic mass is 32.2. The average molecular weight is 195 g/mol. The summed E-state index contributed by atoms with van der Waals surface area (Å²) in [5.74, 6) is -0.816. The van der Waals surface area contributed by atoms with Gasteiger partial charge in [0.2, 0.25) is 6.41 Å². The summed E-state index contributed by atoms with van der Waals surface area (Å²) in [5.41, 5.74) is 0. The number of thioether (sulfide) groups is 1. The molecular weight excluding hydrogens is 185 g/mol. The van der Waals surface area contributed by atoms with E-state index in [4.69, 9.17) is 5.11 Å². The molecule has 1 N–H and O–H groups in total. The summed E-state index contributed by atoms with van der Waals surface area (Å²) in [5, 5.41) is 8.13. The molecule has 0 aromatic heterocycles. The highest BCUT2D eigenvalue weighted by Crippen LogP contribution is 2.07. The highest BCUT2D eigenvalue weighted by Gasteiger charge is 2.23. The van der Waals surface area contributed by atoms with Crippen LogP contribution in [0.25, 0.3) is 0 Å². The van der Waals surface area contributed by atoms with Crippen molar-refractivity contribution in [1.29, 1.82) is 0 Å². The Balaban J connectivity index is 4.03. The zero-order valence-electron chi connectivity index (χ0n) is 6.57. The van der Waals surface area contributed by atoms with Gasteiger partial charge in [-0.2, -0.15) is 16.9 Å². The molecule has 1 atom stereocenters. The predicted octanol–water partition coefficient (Wildman–Crippen LogP) is 0.536. The zero-order valence-corrected chi connectivity index (χ0v) is 7.38. The van der Waals surface area contributed by atoms with E-state index >= 15 is 0 Å². The molecule has 6 heteroatoms. The molecule has 0 aromatic carbocycles. The number of amides is 1. The van der Waals surface area contributed by atoms with Crippen molar-refractivity contribution in [1.82, 2.24) is 5.12 Å². The van der Waals surface area contributed by atoms with Crippen molar-refractivity contribution in [3.05, 3.63) is 0 Å². The van der Waals surface area contributed by atoms with E-state index in [1.54, 1.807) is 6.26 Å². The fraction of sp³-hybridized carbons (Fsp3) is 0.667. The van der Waals surface area contributed by atoms with Crippen molar-refractivity contribution >= 4 is 24.1 Å². The molecule has 70 valence electrons. The van der Waals surface area contributed by atoms with Crippen LogP contribution in [-0.2, 0) is 9.59 Å². The summed E-state index contributed by atoms with van der Waals surface area (Å²) in [4.78, 5) is 20.3. The van der Waals surface area contributed by atoms with Crippen LogP contribution in [0.5, 0.6) is 0 Å². The third-order valence-corrected chi connectivity index (χ3v) is 1.92. The van der Waals surface area contributed by atoms with Crippen molar-refractivity contribution in [2.24, 2.45) is 0 Å². The number of carboxylic acids is 1. The molecule has 1 amide bonds. The van der Waals surface area contributed by atoms with Crippen LogP contribution in [0.1, 0.15) is 6.42 Å². The van der Waals surface area contributed by atoms with Gasteiger partial charge in [0.25, 0.3) is 0 Å². The Morgan fingerprint density at radius 2 is 2.42 bits per heavy atom. The molecule has 4 nitrogen and oxygen atoms in total. The van der Waals surface area contributed by atoms with Crippen molar-refractivity contribution < 1.29 is 19.2 Å². The quantitative estimate of drug-likeness (QED) is 0.496. The van der Waals surface area contributed by atoms with Crippen LogP contribution in [-0.4, -0.2) is 40.7 Å². The SMILES string of the molecule is CSCCC(C(=O)O)N(F)C=O. The minimum Gasteiger partial charge on any atom is -0.480 e. The van der Waals surface area contributed by atoms with E-state index in [0.29, 0.717) is 5.75 Å². The minimum atomic E-state index is -1.35. The van der Waals surface area contributed by atoms with Crippen molar-refractivity contribution in [2.75, 3.05) is 12.0 Å². The minimum absolute atomic E-state index is 0.117. The summed E-state index contributed by atoms with van der Waals surface area (Å²) < 4.78 is 12.4. The molecule has 1 unspecified atom stereocenters. The number of carbonyl (C=O) groups is 2. The number of halogens is 1. The molecule has 0 saturated carbocycles. The molecule has 0 aliphatic rings. The van der Waals surface area contributed by atoms with Crippen LogP contribution < -0.4 is 0 Å². The van der Waals surface area contributed by atoms with Gasteiger partial charge in [0.15, 0.2) is 6.04 Å². The van der Waals surface area contributed by atoms with Crippen LogP contribution in [0.4, 0.5) is 4.48 Å². The van der Waals surface area contributed by atoms with Crippen LogP contribution >= 0.6 is 11.8 Å². The van der Waals surface area contributed by atoms with Gasteiger partial charge in [-0.15, -0.1) is 0 Å². The van der Waals surface area contributed by atoms with Gasteiger partial charge < -0.3 is 5.11 Å². The fourth-order valence-corrected chi connectivity index (χ4v) is 1.11. The molecule has 0 heterocycles. The molecule has 12 heavy (non-hydrogen) atoms. The van der Waals surface area contributed by atoms with E-state index in [0.717, 1.165) is 0 Å². The van der Waals surface area contributed by atoms with E-state index in [1.165, 1.54) is 11.8 Å². The Morgan fingerprint density at radius 3 is 2.75 bits per heavy atom. The first-order valence-electron chi connectivity index (χ1n) is 3.24. The summed E-state index contributed by atoms with van der Waals surface area (Å²) in [7, 11) is 0. The lowest BCUT2D eigenvalue weighted by Crippen LogP contribution is -2.35. The smallest absolute Gasteiger partial charge is 0.329 e. The molecular formula is C6H10FNO3S. The number of aliphatic carboxylic acids is 1. The lowest BCUT2D eigenvalue weighted by Gasteiger charge is -2.14. The van der Waals surface area contributed by atoms with Crippen LogP contribution in [0.2, 0.25) is 0 Å². The average Bonchev–Trinajstić information content (AvgIpc) is 2.04. The van der Waals surface area contributed by atoms with Gasteiger partial charge in [0.1, 0.15) is 0 Å². The molecule has 0 fully saturated rings. The first kappa shape index (κ1) is 11.2. The number of nitrogens with zero attached hydrogens (tertiary/aromatic N) is 1. The van der Waals surface area contributed by atoms with Crippen molar-refractivity contribution in [3.63, 3.8) is 0 Å². The second-order valence-electron chi connectivity index (χ2n) is 2.09.